The van der Waals surface area contributed by atoms with Gasteiger partial charge in [0.1, 0.15) is 5.82 Å². The highest BCUT2D eigenvalue weighted by Crippen LogP contribution is 2.42. The zero-order chi connectivity index (χ0) is 18.3. The van der Waals surface area contributed by atoms with Crippen LogP contribution >= 0.6 is 0 Å². The van der Waals surface area contributed by atoms with E-state index in [1.165, 1.54) is 12.1 Å². The highest BCUT2D eigenvalue weighted by atomic mass is 19.1. The molecule has 0 aliphatic carbocycles. The van der Waals surface area contributed by atoms with Gasteiger partial charge in [-0.25, -0.2) is 4.39 Å². The number of nitrogens with zero attached hydrogens (tertiary/aromatic N) is 4. The molecule has 136 valence electrons. The number of hydrogen-bond donors (Lipinski definition) is 0. The summed E-state index contributed by atoms with van der Waals surface area (Å²) in [7, 11) is 1.82. The first-order chi connectivity index (χ1) is 12.5. The van der Waals surface area contributed by atoms with Crippen LogP contribution in [0.2, 0.25) is 0 Å². The molecule has 0 unspecified atom stereocenters. The van der Waals surface area contributed by atoms with Crippen molar-refractivity contribution in [2.45, 2.75) is 19.3 Å². The molecule has 0 radical (unpaired) electrons. The van der Waals surface area contributed by atoms with Gasteiger partial charge in [-0.05, 0) is 30.5 Å². The van der Waals surface area contributed by atoms with Crippen LogP contribution in [0.15, 0.2) is 36.7 Å². The second-order valence-electron chi connectivity index (χ2n) is 7.23. The van der Waals surface area contributed by atoms with Gasteiger partial charge in [0.05, 0.1) is 23.7 Å². The molecule has 2 aliphatic heterocycles. The van der Waals surface area contributed by atoms with Crippen molar-refractivity contribution in [3.05, 3.63) is 48.0 Å². The van der Waals surface area contributed by atoms with Crippen LogP contribution in [0.1, 0.15) is 18.4 Å². The Hall–Kier alpha value is -2.70. The second-order valence-corrected chi connectivity index (χ2v) is 7.23. The van der Waals surface area contributed by atoms with Crippen LogP contribution in [0.4, 0.5) is 10.1 Å². The predicted molar refractivity (Wildman–Crippen MR) is 93.9 cm³/mol. The van der Waals surface area contributed by atoms with Crippen molar-refractivity contribution in [3.63, 3.8) is 0 Å². The molecule has 1 aromatic carbocycles. The fourth-order valence-corrected chi connectivity index (χ4v) is 4.01. The molecule has 2 aliphatic rings. The summed E-state index contributed by atoms with van der Waals surface area (Å²) in [6.45, 7) is 1.66. The number of likely N-dealkylation sites (tertiary alicyclic amines) is 1. The number of amides is 2. The van der Waals surface area contributed by atoms with Gasteiger partial charge in [0, 0.05) is 32.9 Å². The minimum atomic E-state index is -0.493. The summed E-state index contributed by atoms with van der Waals surface area (Å²) in [4.78, 5) is 29.1. The predicted octanol–water partition coefficient (Wildman–Crippen LogP) is 1.76. The van der Waals surface area contributed by atoms with E-state index in [2.05, 4.69) is 5.10 Å². The number of anilines is 1. The van der Waals surface area contributed by atoms with Crippen molar-refractivity contribution >= 4 is 17.5 Å². The van der Waals surface area contributed by atoms with Crippen molar-refractivity contribution in [1.29, 1.82) is 0 Å². The monoisotopic (exact) mass is 356 g/mol. The maximum Gasteiger partial charge on any atom is 0.235 e. The van der Waals surface area contributed by atoms with Crippen molar-refractivity contribution in [3.8, 4) is 0 Å². The molecule has 2 fully saturated rings. The van der Waals surface area contributed by atoms with Gasteiger partial charge in [-0.15, -0.1) is 0 Å². The van der Waals surface area contributed by atoms with Gasteiger partial charge in [0.25, 0.3) is 0 Å². The Morgan fingerprint density at radius 1 is 1.31 bits per heavy atom. The van der Waals surface area contributed by atoms with Gasteiger partial charge < -0.3 is 9.80 Å². The van der Waals surface area contributed by atoms with E-state index in [9.17, 15) is 14.0 Å². The third-order valence-electron chi connectivity index (χ3n) is 5.47. The molecule has 0 saturated carbocycles. The lowest BCUT2D eigenvalue weighted by Gasteiger charge is -2.23. The third-order valence-corrected chi connectivity index (χ3v) is 5.47. The third kappa shape index (κ3) is 2.87. The first-order valence-corrected chi connectivity index (χ1v) is 8.80. The summed E-state index contributed by atoms with van der Waals surface area (Å²) in [5, 5.41) is 4.14. The van der Waals surface area contributed by atoms with E-state index in [-0.39, 0.29) is 24.1 Å². The molecular formula is C19H21FN4O2. The summed E-state index contributed by atoms with van der Waals surface area (Å²) >= 11 is 0. The average molecular weight is 356 g/mol. The fraction of sp³-hybridized carbons (Fsp3) is 0.421. The number of hydrogen-bond acceptors (Lipinski definition) is 3. The summed E-state index contributed by atoms with van der Waals surface area (Å²) in [5.74, 6) is -0.321. The lowest BCUT2D eigenvalue weighted by atomic mass is 9.85. The van der Waals surface area contributed by atoms with Crippen molar-refractivity contribution < 1.29 is 14.0 Å². The van der Waals surface area contributed by atoms with Crippen molar-refractivity contribution in [1.82, 2.24) is 14.7 Å². The van der Waals surface area contributed by atoms with Crippen LogP contribution in [-0.2, 0) is 23.1 Å². The Labute approximate surface area is 151 Å². The molecular weight excluding hydrogens is 335 g/mol. The van der Waals surface area contributed by atoms with Gasteiger partial charge in [-0.1, -0.05) is 12.1 Å². The maximum atomic E-state index is 13.3. The van der Waals surface area contributed by atoms with Crippen LogP contribution in [-0.4, -0.2) is 46.1 Å². The zero-order valence-electron chi connectivity index (χ0n) is 14.7. The minimum Gasteiger partial charge on any atom is -0.341 e. The van der Waals surface area contributed by atoms with Gasteiger partial charge >= 0.3 is 0 Å². The lowest BCUT2D eigenvalue weighted by Crippen LogP contribution is -2.38. The Balaban J connectivity index is 1.44. The topological polar surface area (TPSA) is 58.4 Å². The standard InChI is InChI=1S/C19H21FN4O2/c1-22-12-16(11-21-22)24-8-6-19(18(24)26)5-7-23(13-19)17(25)10-14-3-2-4-15(20)9-14/h2-4,9,11-12H,5-8,10,13H2,1H3/t19-/m0/s1. The minimum absolute atomic E-state index is 0.0555. The van der Waals surface area contributed by atoms with Crippen molar-refractivity contribution in [2.75, 3.05) is 24.5 Å². The van der Waals surface area contributed by atoms with Crippen LogP contribution in [0.25, 0.3) is 0 Å². The van der Waals surface area contributed by atoms with E-state index >= 15 is 0 Å². The zero-order valence-corrected chi connectivity index (χ0v) is 14.7. The van der Waals surface area contributed by atoms with E-state index in [1.54, 1.807) is 32.8 Å². The van der Waals surface area contributed by atoms with Crippen molar-refractivity contribution in [2.24, 2.45) is 12.5 Å². The average Bonchev–Trinajstić information content (AvgIpc) is 3.30. The van der Waals surface area contributed by atoms with Gasteiger partial charge in [-0.3, -0.25) is 14.3 Å². The molecule has 2 aromatic rings. The molecule has 0 bridgehead atoms. The molecule has 7 heteroatoms. The number of carbonyl (C=O) groups is 2. The molecule has 1 atom stereocenters. The molecule has 2 amide bonds. The Kier molecular flexibility index (Phi) is 4.01. The highest BCUT2D eigenvalue weighted by Gasteiger charge is 2.52. The van der Waals surface area contributed by atoms with E-state index in [4.69, 9.17) is 0 Å². The number of carbonyl (C=O) groups excluding carboxylic acids is 2. The smallest absolute Gasteiger partial charge is 0.235 e. The van der Waals surface area contributed by atoms with Crippen LogP contribution in [0, 0.1) is 11.2 Å². The lowest BCUT2D eigenvalue weighted by molar-refractivity contribution is -0.130. The quantitative estimate of drug-likeness (QED) is 0.842. The second kappa shape index (κ2) is 6.23. The first-order valence-electron chi connectivity index (χ1n) is 8.80. The largest absolute Gasteiger partial charge is 0.341 e. The number of aromatic nitrogens is 2. The molecule has 2 saturated heterocycles. The normalized spacial score (nSPS) is 22.6. The number of rotatable bonds is 3. The van der Waals surface area contributed by atoms with E-state index in [0.717, 1.165) is 12.1 Å². The summed E-state index contributed by atoms with van der Waals surface area (Å²) in [6.07, 6.45) is 5.10. The summed E-state index contributed by atoms with van der Waals surface area (Å²) in [5.41, 5.74) is 0.970. The molecule has 1 spiro atoms. The molecule has 26 heavy (non-hydrogen) atoms. The van der Waals surface area contributed by atoms with E-state index < -0.39 is 5.41 Å². The van der Waals surface area contributed by atoms with Gasteiger partial charge in [0.2, 0.25) is 11.8 Å². The molecule has 0 N–H and O–H groups in total. The molecule has 3 heterocycles. The van der Waals surface area contributed by atoms with E-state index in [1.807, 2.05) is 13.2 Å². The number of aryl methyl sites for hydroxylation is 1. The van der Waals surface area contributed by atoms with Crippen LogP contribution < -0.4 is 4.90 Å². The summed E-state index contributed by atoms with van der Waals surface area (Å²) in [6, 6.07) is 6.10. The molecule has 1 aromatic heterocycles. The van der Waals surface area contributed by atoms with Gasteiger partial charge in [-0.2, -0.15) is 5.10 Å². The Bertz CT molecular complexity index is 865. The fourth-order valence-electron chi connectivity index (χ4n) is 4.01. The molecule has 4 rings (SSSR count). The Morgan fingerprint density at radius 2 is 2.12 bits per heavy atom. The van der Waals surface area contributed by atoms with Gasteiger partial charge in [0.15, 0.2) is 0 Å². The maximum absolute atomic E-state index is 13.3. The van der Waals surface area contributed by atoms with Crippen LogP contribution in [0.5, 0.6) is 0 Å². The number of benzene rings is 1. The first kappa shape index (κ1) is 16.8. The van der Waals surface area contributed by atoms with E-state index in [0.29, 0.717) is 31.6 Å². The molecule has 6 nitrogen and oxygen atoms in total. The highest BCUT2D eigenvalue weighted by molar-refractivity contribution is 6.00. The van der Waals surface area contributed by atoms with Crippen LogP contribution in [0.3, 0.4) is 0 Å². The summed E-state index contributed by atoms with van der Waals surface area (Å²) < 4.78 is 15.0. The Morgan fingerprint density at radius 3 is 2.85 bits per heavy atom. The SMILES string of the molecule is Cn1cc(N2CC[C@]3(CCN(C(=O)Cc4cccc(F)c4)C3)C2=O)cn1. The number of halogens is 1.